The maximum Gasteiger partial charge on any atom is 0.0346 e. The van der Waals surface area contributed by atoms with Crippen LogP contribution in [0.1, 0.15) is 12.5 Å². The number of benzene rings is 1. The van der Waals surface area contributed by atoms with Crippen LogP contribution in [0.25, 0.3) is 10.8 Å². The van der Waals surface area contributed by atoms with Gasteiger partial charge in [0.1, 0.15) is 0 Å². The molecule has 0 N–H and O–H groups in total. The summed E-state index contributed by atoms with van der Waals surface area (Å²) < 4.78 is 0. The Labute approximate surface area is 98.7 Å². The Morgan fingerprint density at radius 1 is 1.27 bits per heavy atom. The Kier molecular flexibility index (Phi) is 3.37. The number of hydrogen-bond donors (Lipinski definition) is 0. The molecular weight excluding hydrogens is 250 g/mol. The maximum atomic E-state index is 4.11. The summed E-state index contributed by atoms with van der Waals surface area (Å²) in [5.74, 6) is 0.685. The number of fused-ring (bicyclic) bond motifs is 1. The van der Waals surface area contributed by atoms with Crippen LogP contribution in [0.5, 0.6) is 0 Å². The van der Waals surface area contributed by atoms with Crippen molar-refractivity contribution in [2.75, 3.05) is 5.33 Å². The second-order valence-electron chi connectivity index (χ2n) is 4.02. The lowest BCUT2D eigenvalue weighted by molar-refractivity contribution is 0.664. The third-order valence-corrected chi connectivity index (χ3v) is 3.66. The van der Waals surface area contributed by atoms with E-state index in [0.717, 1.165) is 11.8 Å². The van der Waals surface area contributed by atoms with Crippen molar-refractivity contribution in [1.29, 1.82) is 0 Å². The Morgan fingerprint density at radius 3 is 2.93 bits per heavy atom. The minimum absolute atomic E-state index is 0.685. The Balaban J connectivity index is 2.30. The molecule has 0 saturated carbocycles. The smallest absolute Gasteiger partial charge is 0.0346 e. The van der Waals surface area contributed by atoms with Crippen molar-refractivity contribution >= 4 is 26.7 Å². The average Bonchev–Trinajstić information content (AvgIpc) is 2.29. The van der Waals surface area contributed by atoms with Crippen LogP contribution in [0.3, 0.4) is 0 Å². The van der Waals surface area contributed by atoms with Gasteiger partial charge >= 0.3 is 0 Å². The van der Waals surface area contributed by atoms with Crippen LogP contribution in [0, 0.1) is 5.92 Å². The quantitative estimate of drug-likeness (QED) is 0.768. The number of pyridine rings is 1. The highest BCUT2D eigenvalue weighted by atomic mass is 79.9. The van der Waals surface area contributed by atoms with Gasteiger partial charge < -0.3 is 0 Å². The van der Waals surface area contributed by atoms with E-state index in [4.69, 9.17) is 0 Å². The lowest BCUT2D eigenvalue weighted by Crippen LogP contribution is -2.00. The zero-order chi connectivity index (χ0) is 10.7. The van der Waals surface area contributed by atoms with Gasteiger partial charge in [-0.15, -0.1) is 0 Å². The molecule has 1 aromatic heterocycles. The first-order valence-corrected chi connectivity index (χ1v) is 6.30. The topological polar surface area (TPSA) is 12.9 Å². The molecule has 0 aliphatic heterocycles. The molecule has 0 saturated heterocycles. The lowest BCUT2D eigenvalue weighted by Gasteiger charge is -2.08. The van der Waals surface area contributed by atoms with E-state index >= 15 is 0 Å². The Morgan fingerprint density at radius 2 is 2.13 bits per heavy atom. The van der Waals surface area contributed by atoms with Gasteiger partial charge in [0, 0.05) is 23.1 Å². The number of nitrogens with zero attached hydrogens (tertiary/aromatic N) is 1. The predicted octanol–water partition coefficient (Wildman–Crippen LogP) is 3.81. The summed E-state index contributed by atoms with van der Waals surface area (Å²) in [5, 5.41) is 3.55. The summed E-state index contributed by atoms with van der Waals surface area (Å²) in [5.41, 5.74) is 1.40. The molecule has 0 spiro atoms. The van der Waals surface area contributed by atoms with Crippen molar-refractivity contribution in [2.24, 2.45) is 5.92 Å². The normalized spacial score (nSPS) is 12.9. The molecule has 1 nitrogen and oxygen atoms in total. The SMILES string of the molecule is CC(CBr)Cc1ccc2cnccc2c1. The molecule has 15 heavy (non-hydrogen) atoms. The van der Waals surface area contributed by atoms with Crippen molar-refractivity contribution in [3.63, 3.8) is 0 Å². The van der Waals surface area contributed by atoms with Crippen LogP contribution in [-0.2, 0) is 6.42 Å². The van der Waals surface area contributed by atoms with Crippen LogP contribution >= 0.6 is 15.9 Å². The fourth-order valence-electron chi connectivity index (χ4n) is 1.72. The number of aromatic nitrogens is 1. The third-order valence-electron chi connectivity index (χ3n) is 2.55. The minimum atomic E-state index is 0.685. The molecular formula is C13H14BrN. The molecule has 0 aliphatic carbocycles. The second-order valence-corrected chi connectivity index (χ2v) is 4.67. The van der Waals surface area contributed by atoms with Gasteiger partial charge in [0.05, 0.1) is 0 Å². The van der Waals surface area contributed by atoms with Gasteiger partial charge in [-0.05, 0) is 29.4 Å². The highest BCUT2D eigenvalue weighted by Crippen LogP contribution is 2.17. The number of hydrogen-bond acceptors (Lipinski definition) is 1. The molecule has 0 amide bonds. The maximum absolute atomic E-state index is 4.11. The van der Waals surface area contributed by atoms with Gasteiger partial charge in [0.15, 0.2) is 0 Å². The highest BCUT2D eigenvalue weighted by Gasteiger charge is 2.02. The molecule has 0 aliphatic rings. The number of alkyl halides is 1. The van der Waals surface area contributed by atoms with Crippen molar-refractivity contribution < 1.29 is 0 Å². The van der Waals surface area contributed by atoms with Crippen LogP contribution < -0.4 is 0 Å². The standard InChI is InChI=1S/C13H14BrN/c1-10(8-14)6-11-2-3-13-9-15-5-4-12(13)7-11/h2-5,7,9-10H,6,8H2,1H3. The van der Waals surface area contributed by atoms with E-state index in [2.05, 4.69) is 52.1 Å². The van der Waals surface area contributed by atoms with Gasteiger partial charge in [0.2, 0.25) is 0 Å². The molecule has 2 rings (SSSR count). The predicted molar refractivity (Wildman–Crippen MR) is 68.4 cm³/mol. The van der Waals surface area contributed by atoms with Crippen molar-refractivity contribution in [3.8, 4) is 0 Å². The fraction of sp³-hybridized carbons (Fsp3) is 0.308. The molecule has 0 fully saturated rings. The molecule has 2 aromatic rings. The van der Waals surface area contributed by atoms with Crippen molar-refractivity contribution in [2.45, 2.75) is 13.3 Å². The molecule has 0 radical (unpaired) electrons. The molecule has 0 bridgehead atoms. The first-order valence-electron chi connectivity index (χ1n) is 5.18. The van der Waals surface area contributed by atoms with E-state index in [1.165, 1.54) is 16.3 Å². The van der Waals surface area contributed by atoms with Gasteiger partial charge in [-0.3, -0.25) is 4.98 Å². The zero-order valence-corrected chi connectivity index (χ0v) is 10.4. The van der Waals surface area contributed by atoms with E-state index < -0.39 is 0 Å². The average molecular weight is 264 g/mol. The van der Waals surface area contributed by atoms with Crippen LogP contribution in [0.2, 0.25) is 0 Å². The van der Waals surface area contributed by atoms with Gasteiger partial charge in [0.25, 0.3) is 0 Å². The van der Waals surface area contributed by atoms with E-state index in [1.54, 1.807) is 0 Å². The number of rotatable bonds is 3. The largest absolute Gasteiger partial charge is 0.264 e. The molecule has 2 heteroatoms. The number of halogens is 1. The molecule has 78 valence electrons. The summed E-state index contributed by atoms with van der Waals surface area (Å²) in [6, 6.07) is 8.68. The third kappa shape index (κ3) is 2.57. The van der Waals surface area contributed by atoms with E-state index in [1.807, 2.05) is 12.4 Å². The fourth-order valence-corrected chi connectivity index (χ4v) is 1.95. The monoisotopic (exact) mass is 263 g/mol. The first-order chi connectivity index (χ1) is 7.29. The molecule has 1 heterocycles. The summed E-state index contributed by atoms with van der Waals surface area (Å²) in [6.45, 7) is 2.26. The van der Waals surface area contributed by atoms with Crippen LogP contribution in [0.15, 0.2) is 36.7 Å². The van der Waals surface area contributed by atoms with Gasteiger partial charge in [-0.25, -0.2) is 0 Å². The van der Waals surface area contributed by atoms with E-state index in [0.29, 0.717) is 5.92 Å². The van der Waals surface area contributed by atoms with Gasteiger partial charge in [-0.1, -0.05) is 41.1 Å². The van der Waals surface area contributed by atoms with Crippen LogP contribution in [0.4, 0.5) is 0 Å². The Bertz CT molecular complexity index is 453. The molecule has 1 atom stereocenters. The van der Waals surface area contributed by atoms with Crippen molar-refractivity contribution in [1.82, 2.24) is 4.98 Å². The summed E-state index contributed by atoms with van der Waals surface area (Å²) in [7, 11) is 0. The zero-order valence-electron chi connectivity index (χ0n) is 8.78. The second kappa shape index (κ2) is 4.75. The van der Waals surface area contributed by atoms with Crippen molar-refractivity contribution in [3.05, 3.63) is 42.2 Å². The minimum Gasteiger partial charge on any atom is -0.264 e. The first kappa shape index (κ1) is 10.6. The molecule has 1 aromatic carbocycles. The molecule has 1 unspecified atom stereocenters. The summed E-state index contributed by atoms with van der Waals surface area (Å²) >= 11 is 3.51. The van der Waals surface area contributed by atoms with Gasteiger partial charge in [-0.2, -0.15) is 0 Å². The summed E-state index contributed by atoms with van der Waals surface area (Å²) in [6.07, 6.45) is 4.89. The summed E-state index contributed by atoms with van der Waals surface area (Å²) in [4.78, 5) is 4.11. The lowest BCUT2D eigenvalue weighted by atomic mass is 10.0. The van der Waals surface area contributed by atoms with Crippen LogP contribution in [-0.4, -0.2) is 10.3 Å². The van der Waals surface area contributed by atoms with E-state index in [9.17, 15) is 0 Å². The van der Waals surface area contributed by atoms with E-state index in [-0.39, 0.29) is 0 Å². The Hall–Kier alpha value is -0.890. The highest BCUT2D eigenvalue weighted by molar-refractivity contribution is 9.09.